The van der Waals surface area contributed by atoms with Gasteiger partial charge in [-0.15, -0.1) is 16.4 Å². The van der Waals surface area contributed by atoms with Crippen LogP contribution >= 0.6 is 11.3 Å². The second-order valence-corrected chi connectivity index (χ2v) is 7.30. The lowest BCUT2D eigenvalue weighted by molar-refractivity contribution is 0.0923. The number of nitrogens with zero attached hydrogens (tertiary/aromatic N) is 4. The fourth-order valence-corrected chi connectivity index (χ4v) is 4.34. The van der Waals surface area contributed by atoms with Gasteiger partial charge in [-0.2, -0.15) is 0 Å². The van der Waals surface area contributed by atoms with E-state index in [0.29, 0.717) is 11.5 Å². The lowest BCUT2D eigenvalue weighted by Crippen LogP contribution is -2.32. The molecule has 1 saturated carbocycles. The molecule has 1 amide bonds. The third-order valence-electron chi connectivity index (χ3n) is 4.73. The van der Waals surface area contributed by atoms with E-state index < -0.39 is 0 Å². The van der Waals surface area contributed by atoms with Gasteiger partial charge in [0.2, 0.25) is 0 Å². The molecule has 1 unspecified atom stereocenters. The molecule has 4 rings (SSSR count). The highest BCUT2D eigenvalue weighted by atomic mass is 32.1. The summed E-state index contributed by atoms with van der Waals surface area (Å²) in [5.74, 6) is 0.463. The molecule has 0 aliphatic heterocycles. The molecule has 1 atom stereocenters. The molecule has 2 aromatic heterocycles. The quantitative estimate of drug-likeness (QED) is 0.763. The highest BCUT2D eigenvalue weighted by molar-refractivity contribution is 7.10. The van der Waals surface area contributed by atoms with E-state index in [9.17, 15) is 4.79 Å². The molecule has 0 radical (unpaired) electrons. The van der Waals surface area contributed by atoms with Gasteiger partial charge in [0.15, 0.2) is 0 Å². The van der Waals surface area contributed by atoms with Crippen molar-refractivity contribution in [1.29, 1.82) is 0 Å². The van der Waals surface area contributed by atoms with Crippen LogP contribution in [-0.4, -0.2) is 26.1 Å². The van der Waals surface area contributed by atoms with E-state index in [2.05, 4.69) is 32.3 Å². The van der Waals surface area contributed by atoms with Crippen molar-refractivity contribution in [2.45, 2.75) is 31.7 Å². The molecule has 6 nitrogen and oxygen atoms in total. The monoisotopic (exact) mass is 353 g/mol. The number of benzene rings is 1. The summed E-state index contributed by atoms with van der Waals surface area (Å²) in [6.07, 6.45) is 6.36. The Bertz CT molecular complexity index is 825. The molecule has 1 aliphatic carbocycles. The van der Waals surface area contributed by atoms with Gasteiger partial charge < -0.3 is 5.32 Å². The van der Waals surface area contributed by atoms with Gasteiger partial charge in [0.1, 0.15) is 6.33 Å². The number of rotatable bonds is 5. The summed E-state index contributed by atoms with van der Waals surface area (Å²) in [6, 6.07) is 11.6. The summed E-state index contributed by atoms with van der Waals surface area (Å²) in [7, 11) is 0. The van der Waals surface area contributed by atoms with Crippen molar-refractivity contribution in [3.8, 4) is 5.69 Å². The minimum atomic E-state index is -0.0553. The van der Waals surface area contributed by atoms with Crippen molar-refractivity contribution in [3.05, 3.63) is 58.5 Å². The molecule has 1 N–H and O–H groups in total. The summed E-state index contributed by atoms with van der Waals surface area (Å²) < 4.78 is 1.55. The number of hydrogen-bond acceptors (Lipinski definition) is 5. The number of carbonyl (C=O) groups is 1. The fourth-order valence-electron chi connectivity index (χ4n) is 3.47. The smallest absolute Gasteiger partial charge is 0.251 e. The normalized spacial score (nSPS) is 16.0. The summed E-state index contributed by atoms with van der Waals surface area (Å²) in [5, 5.41) is 16.5. The van der Waals surface area contributed by atoms with E-state index in [-0.39, 0.29) is 11.9 Å². The van der Waals surface area contributed by atoms with Gasteiger partial charge in [0, 0.05) is 10.4 Å². The second kappa shape index (κ2) is 7.14. The van der Waals surface area contributed by atoms with E-state index in [0.717, 1.165) is 5.69 Å². The first kappa shape index (κ1) is 16.0. The lowest BCUT2D eigenvalue weighted by Gasteiger charge is -2.24. The molecule has 25 heavy (non-hydrogen) atoms. The molecule has 0 bridgehead atoms. The van der Waals surface area contributed by atoms with E-state index in [1.807, 2.05) is 30.3 Å². The van der Waals surface area contributed by atoms with Gasteiger partial charge in [-0.3, -0.25) is 4.79 Å². The third-order valence-corrected chi connectivity index (χ3v) is 5.68. The number of nitrogens with one attached hydrogen (secondary N) is 1. The van der Waals surface area contributed by atoms with Gasteiger partial charge in [-0.25, -0.2) is 4.68 Å². The average molecular weight is 353 g/mol. The Balaban J connectivity index is 1.56. The van der Waals surface area contributed by atoms with Gasteiger partial charge in [0.25, 0.3) is 5.91 Å². The van der Waals surface area contributed by atoms with E-state index in [1.165, 1.54) is 36.9 Å². The first-order valence-corrected chi connectivity index (χ1v) is 9.37. The average Bonchev–Trinajstić information content (AvgIpc) is 3.43. The maximum absolute atomic E-state index is 12.9. The number of aromatic nitrogens is 4. The van der Waals surface area contributed by atoms with Crippen LogP contribution < -0.4 is 5.32 Å². The minimum Gasteiger partial charge on any atom is -0.344 e. The molecule has 1 aliphatic rings. The van der Waals surface area contributed by atoms with Gasteiger partial charge in [0.05, 0.1) is 11.7 Å². The van der Waals surface area contributed by atoms with Gasteiger partial charge in [-0.1, -0.05) is 25.0 Å². The van der Waals surface area contributed by atoms with Crippen LogP contribution in [0.1, 0.15) is 47.0 Å². The predicted molar refractivity (Wildman–Crippen MR) is 95.6 cm³/mol. The number of tetrazole rings is 1. The highest BCUT2D eigenvalue weighted by Crippen LogP contribution is 2.37. The van der Waals surface area contributed by atoms with Crippen LogP contribution in [0.15, 0.2) is 48.1 Å². The Morgan fingerprint density at radius 3 is 2.84 bits per heavy atom. The molecule has 0 spiro atoms. The topological polar surface area (TPSA) is 72.7 Å². The summed E-state index contributed by atoms with van der Waals surface area (Å²) in [4.78, 5) is 14.1. The molecule has 3 aromatic rings. The summed E-state index contributed by atoms with van der Waals surface area (Å²) in [5.41, 5.74) is 1.39. The molecule has 1 aromatic carbocycles. The maximum Gasteiger partial charge on any atom is 0.251 e. The summed E-state index contributed by atoms with van der Waals surface area (Å²) in [6.45, 7) is 0. The van der Waals surface area contributed by atoms with Crippen LogP contribution in [-0.2, 0) is 0 Å². The Hall–Kier alpha value is -2.54. The summed E-state index contributed by atoms with van der Waals surface area (Å²) >= 11 is 1.71. The minimum absolute atomic E-state index is 0.0553. The van der Waals surface area contributed by atoms with Crippen LogP contribution in [0.5, 0.6) is 0 Å². The zero-order chi connectivity index (χ0) is 17.1. The van der Waals surface area contributed by atoms with E-state index in [1.54, 1.807) is 16.0 Å². The molecule has 7 heteroatoms. The zero-order valence-electron chi connectivity index (χ0n) is 13.7. The van der Waals surface area contributed by atoms with Crippen LogP contribution in [0.3, 0.4) is 0 Å². The Morgan fingerprint density at radius 1 is 1.24 bits per heavy atom. The van der Waals surface area contributed by atoms with Crippen LogP contribution in [0.25, 0.3) is 5.69 Å². The van der Waals surface area contributed by atoms with Crippen LogP contribution in [0.2, 0.25) is 0 Å². The largest absolute Gasteiger partial charge is 0.344 e. The highest BCUT2D eigenvalue weighted by Gasteiger charge is 2.28. The number of amides is 1. The fraction of sp³-hybridized carbons (Fsp3) is 0.333. The second-order valence-electron chi connectivity index (χ2n) is 6.32. The zero-order valence-corrected chi connectivity index (χ0v) is 14.5. The van der Waals surface area contributed by atoms with Crippen molar-refractivity contribution >= 4 is 17.2 Å². The van der Waals surface area contributed by atoms with E-state index >= 15 is 0 Å². The Kier molecular flexibility index (Phi) is 4.56. The van der Waals surface area contributed by atoms with E-state index in [4.69, 9.17) is 0 Å². The Labute approximate surface area is 149 Å². The molecular weight excluding hydrogens is 334 g/mol. The third kappa shape index (κ3) is 3.46. The van der Waals surface area contributed by atoms with Crippen molar-refractivity contribution in [2.24, 2.45) is 5.92 Å². The molecule has 1 fully saturated rings. The van der Waals surface area contributed by atoms with Crippen molar-refractivity contribution in [3.63, 3.8) is 0 Å². The first-order valence-electron chi connectivity index (χ1n) is 8.49. The van der Waals surface area contributed by atoms with Crippen molar-refractivity contribution in [1.82, 2.24) is 25.5 Å². The number of thiophene rings is 1. The van der Waals surface area contributed by atoms with Crippen LogP contribution in [0, 0.1) is 5.92 Å². The standard InChI is InChI=1S/C18H19N5OS/c24-18(14-7-3-8-15(11-14)23-12-19-21-22-23)20-17(13-5-1-2-6-13)16-9-4-10-25-16/h3-4,7-13,17H,1-2,5-6H2,(H,20,24). The SMILES string of the molecule is O=C(NC(c1cccs1)C1CCCC1)c1cccc(-n2cnnn2)c1. The van der Waals surface area contributed by atoms with Crippen molar-refractivity contribution < 1.29 is 4.79 Å². The molecular formula is C18H19N5OS. The molecule has 128 valence electrons. The Morgan fingerprint density at radius 2 is 2.12 bits per heavy atom. The molecule has 2 heterocycles. The lowest BCUT2D eigenvalue weighted by atomic mass is 9.96. The van der Waals surface area contributed by atoms with Gasteiger partial charge in [-0.05, 0) is 58.8 Å². The maximum atomic E-state index is 12.9. The predicted octanol–water partition coefficient (Wildman–Crippen LogP) is 3.39. The van der Waals surface area contributed by atoms with Gasteiger partial charge >= 0.3 is 0 Å². The number of hydrogen-bond donors (Lipinski definition) is 1. The van der Waals surface area contributed by atoms with Crippen molar-refractivity contribution in [2.75, 3.05) is 0 Å². The first-order chi connectivity index (χ1) is 12.3. The molecule has 0 saturated heterocycles. The van der Waals surface area contributed by atoms with Crippen LogP contribution in [0.4, 0.5) is 0 Å². The number of carbonyl (C=O) groups excluding carboxylic acids is 1.